The Bertz CT molecular complexity index is 800. The molecule has 7 heteroatoms. The van der Waals surface area contributed by atoms with Crippen molar-refractivity contribution in [3.8, 4) is 10.4 Å². The van der Waals surface area contributed by atoms with Crippen molar-refractivity contribution in [3.05, 3.63) is 22.8 Å². The van der Waals surface area contributed by atoms with Crippen LogP contribution in [0.15, 0.2) is 17.3 Å². The molecule has 0 aromatic carbocycles. The lowest BCUT2D eigenvalue weighted by Gasteiger charge is -2.45. The highest BCUT2D eigenvalue weighted by molar-refractivity contribution is 7.16. The van der Waals surface area contributed by atoms with Gasteiger partial charge in [0.1, 0.15) is 5.84 Å². The average Bonchev–Trinajstić information content (AvgIpc) is 3.21. The van der Waals surface area contributed by atoms with E-state index in [1.54, 1.807) is 11.3 Å². The maximum absolute atomic E-state index is 11.2. The minimum absolute atomic E-state index is 0.233. The summed E-state index contributed by atoms with van der Waals surface area (Å²) in [5.74, 6) is 1.55. The zero-order valence-electron chi connectivity index (χ0n) is 14.6. The molecule has 132 valence electrons. The third-order valence-corrected chi connectivity index (χ3v) is 6.47. The van der Waals surface area contributed by atoms with Gasteiger partial charge in [0.05, 0.1) is 17.9 Å². The molecule has 3 aliphatic heterocycles. The van der Waals surface area contributed by atoms with Crippen LogP contribution in [0.5, 0.6) is 0 Å². The smallest absolute Gasteiger partial charge is 0.212 e. The highest BCUT2D eigenvalue weighted by atomic mass is 32.1. The fourth-order valence-corrected chi connectivity index (χ4v) is 4.98. The van der Waals surface area contributed by atoms with Crippen molar-refractivity contribution in [1.29, 1.82) is 0 Å². The maximum Gasteiger partial charge on any atom is 0.212 e. The Morgan fingerprint density at radius 1 is 1.44 bits per heavy atom. The number of aromatic nitrogens is 2. The summed E-state index contributed by atoms with van der Waals surface area (Å²) in [5, 5.41) is 9.97. The number of thiophene rings is 1. The van der Waals surface area contributed by atoms with Crippen molar-refractivity contribution in [2.75, 3.05) is 13.1 Å². The van der Waals surface area contributed by atoms with Crippen molar-refractivity contribution in [2.45, 2.75) is 39.2 Å². The lowest BCUT2D eigenvalue weighted by molar-refractivity contribution is -0.108. The number of fused-ring (bicyclic) bond motifs is 3. The number of H-pyrrole nitrogens is 1. The number of rotatable bonds is 4. The first kappa shape index (κ1) is 16.5. The number of carbonyl (C=O) groups is 1. The Labute approximate surface area is 151 Å². The number of nitrogens with one attached hydrogen (secondary N) is 2. The Hall–Kier alpha value is -1.99. The number of piperidine rings is 3. The molecule has 3 fully saturated rings. The van der Waals surface area contributed by atoms with Crippen molar-refractivity contribution in [1.82, 2.24) is 20.4 Å². The quantitative estimate of drug-likeness (QED) is 0.502. The molecule has 0 aliphatic carbocycles. The summed E-state index contributed by atoms with van der Waals surface area (Å²) in [7, 11) is 0. The second-order valence-electron chi connectivity index (χ2n) is 6.95. The zero-order valence-corrected chi connectivity index (χ0v) is 15.4. The van der Waals surface area contributed by atoms with Gasteiger partial charge in [-0.2, -0.15) is 5.10 Å². The number of amidine groups is 1. The topological polar surface area (TPSA) is 73.4 Å². The van der Waals surface area contributed by atoms with Crippen LogP contribution in [0.25, 0.3) is 10.4 Å². The number of amides is 1. The van der Waals surface area contributed by atoms with Crippen LogP contribution in [0.1, 0.15) is 29.8 Å². The predicted octanol–water partition coefficient (Wildman–Crippen LogP) is 3.02. The molecule has 0 saturated carbocycles. The SMILES string of the molecule is Cc1[nH]ncc1-c1cc(N=C(NC=O)C2CC3CCN2CC3)c(C)s1. The summed E-state index contributed by atoms with van der Waals surface area (Å²) in [6.45, 7) is 6.31. The lowest BCUT2D eigenvalue weighted by atomic mass is 9.83. The third-order valence-electron chi connectivity index (χ3n) is 5.40. The van der Waals surface area contributed by atoms with E-state index in [4.69, 9.17) is 4.99 Å². The molecule has 2 bridgehead atoms. The van der Waals surface area contributed by atoms with E-state index in [1.165, 1.54) is 12.8 Å². The fourth-order valence-electron chi connectivity index (χ4n) is 3.96. The van der Waals surface area contributed by atoms with E-state index >= 15 is 0 Å². The van der Waals surface area contributed by atoms with Gasteiger partial charge < -0.3 is 5.32 Å². The van der Waals surface area contributed by atoms with Crippen molar-refractivity contribution >= 4 is 29.3 Å². The summed E-state index contributed by atoms with van der Waals surface area (Å²) in [4.78, 5) is 20.8. The van der Waals surface area contributed by atoms with Gasteiger partial charge in [-0.3, -0.25) is 14.8 Å². The van der Waals surface area contributed by atoms with E-state index in [2.05, 4.69) is 33.4 Å². The Morgan fingerprint density at radius 2 is 2.24 bits per heavy atom. The molecule has 2 aromatic heterocycles. The highest BCUT2D eigenvalue weighted by Crippen LogP contribution is 2.38. The van der Waals surface area contributed by atoms with E-state index in [1.807, 2.05) is 13.1 Å². The second kappa shape index (κ2) is 6.72. The standard InChI is InChI=1S/C18H23N5OS/c1-11-14(9-20-22-11)17-8-15(12(2)25-17)21-18(19-10-24)16-7-13-3-5-23(16)6-4-13/h8-10,13,16H,3-7H2,1-2H3,(H,20,22)(H,19,21,24). The Morgan fingerprint density at radius 3 is 2.84 bits per heavy atom. The van der Waals surface area contributed by atoms with E-state index in [0.29, 0.717) is 0 Å². The molecule has 1 unspecified atom stereocenters. The number of hydrogen-bond donors (Lipinski definition) is 2. The van der Waals surface area contributed by atoms with Crippen LogP contribution in [0.4, 0.5) is 5.69 Å². The lowest BCUT2D eigenvalue weighted by Crippen LogP contribution is -2.55. The minimum Gasteiger partial charge on any atom is -0.316 e. The summed E-state index contributed by atoms with van der Waals surface area (Å²) >= 11 is 1.71. The van der Waals surface area contributed by atoms with Crippen molar-refractivity contribution in [2.24, 2.45) is 10.9 Å². The third kappa shape index (κ3) is 3.14. The van der Waals surface area contributed by atoms with Crippen molar-refractivity contribution in [3.63, 3.8) is 0 Å². The van der Waals surface area contributed by atoms with Gasteiger partial charge in [-0.15, -0.1) is 11.3 Å². The van der Waals surface area contributed by atoms with Gasteiger partial charge in [0.15, 0.2) is 0 Å². The number of aliphatic imine (C=N–C) groups is 1. The van der Waals surface area contributed by atoms with Crippen LogP contribution in [0, 0.1) is 19.8 Å². The van der Waals surface area contributed by atoms with E-state index < -0.39 is 0 Å². The Balaban J connectivity index is 1.66. The molecule has 25 heavy (non-hydrogen) atoms. The summed E-state index contributed by atoms with van der Waals surface area (Å²) < 4.78 is 0. The molecule has 3 saturated heterocycles. The average molecular weight is 357 g/mol. The number of aromatic amines is 1. The molecular formula is C18H23N5OS. The first-order chi connectivity index (χ1) is 12.2. The van der Waals surface area contributed by atoms with Crippen LogP contribution in [0.3, 0.4) is 0 Å². The fraction of sp³-hybridized carbons (Fsp3) is 0.500. The van der Waals surface area contributed by atoms with Crippen LogP contribution in [0.2, 0.25) is 0 Å². The zero-order chi connectivity index (χ0) is 17.4. The number of hydrogen-bond acceptors (Lipinski definition) is 5. The molecule has 0 radical (unpaired) electrons. The van der Waals surface area contributed by atoms with Crippen LogP contribution in [-0.2, 0) is 4.79 Å². The van der Waals surface area contributed by atoms with Crippen molar-refractivity contribution < 1.29 is 4.79 Å². The van der Waals surface area contributed by atoms with Crippen LogP contribution >= 0.6 is 11.3 Å². The summed E-state index contributed by atoms with van der Waals surface area (Å²) in [6.07, 6.45) is 6.24. The maximum atomic E-state index is 11.2. The van der Waals surface area contributed by atoms with Gasteiger partial charge in [-0.25, -0.2) is 4.99 Å². The summed E-state index contributed by atoms with van der Waals surface area (Å²) in [5.41, 5.74) is 3.10. The van der Waals surface area contributed by atoms with Gasteiger partial charge in [-0.05, 0) is 58.2 Å². The highest BCUT2D eigenvalue weighted by Gasteiger charge is 2.36. The van der Waals surface area contributed by atoms with Gasteiger partial charge in [0.2, 0.25) is 6.41 Å². The Kier molecular flexibility index (Phi) is 4.43. The largest absolute Gasteiger partial charge is 0.316 e. The molecule has 2 aromatic rings. The molecule has 6 nitrogen and oxygen atoms in total. The second-order valence-corrected chi connectivity index (χ2v) is 8.21. The molecule has 0 spiro atoms. The molecule has 5 rings (SSSR count). The molecule has 1 amide bonds. The van der Waals surface area contributed by atoms with E-state index in [0.717, 1.165) is 64.4 Å². The van der Waals surface area contributed by atoms with Gasteiger partial charge in [0.25, 0.3) is 0 Å². The normalized spacial score (nSPS) is 26.0. The first-order valence-corrected chi connectivity index (χ1v) is 9.61. The number of aryl methyl sites for hydroxylation is 2. The molecule has 5 heterocycles. The van der Waals surface area contributed by atoms with E-state index in [9.17, 15) is 4.79 Å². The molecule has 1 atom stereocenters. The van der Waals surface area contributed by atoms with Gasteiger partial charge in [0, 0.05) is 21.0 Å². The summed E-state index contributed by atoms with van der Waals surface area (Å²) in [6, 6.07) is 2.33. The van der Waals surface area contributed by atoms with E-state index in [-0.39, 0.29) is 6.04 Å². The molecule has 3 aliphatic rings. The van der Waals surface area contributed by atoms with Crippen LogP contribution < -0.4 is 5.32 Å². The first-order valence-electron chi connectivity index (χ1n) is 8.79. The monoisotopic (exact) mass is 357 g/mol. The number of nitrogens with zero attached hydrogens (tertiary/aromatic N) is 3. The molecular weight excluding hydrogens is 334 g/mol. The minimum atomic E-state index is 0.233. The number of carbonyl (C=O) groups excluding carboxylic acids is 1. The van der Waals surface area contributed by atoms with Crippen LogP contribution in [-0.4, -0.2) is 46.5 Å². The predicted molar refractivity (Wildman–Crippen MR) is 100 cm³/mol. The molecule has 2 N–H and O–H groups in total. The van der Waals surface area contributed by atoms with Gasteiger partial charge in [-0.1, -0.05) is 0 Å². The van der Waals surface area contributed by atoms with Gasteiger partial charge >= 0.3 is 0 Å².